The van der Waals surface area contributed by atoms with Crippen molar-refractivity contribution in [1.82, 2.24) is 4.57 Å². The van der Waals surface area contributed by atoms with Gasteiger partial charge in [0.1, 0.15) is 19.0 Å². The molecule has 5 aromatic rings. The van der Waals surface area contributed by atoms with Crippen LogP contribution in [0.2, 0.25) is 0 Å². The van der Waals surface area contributed by atoms with E-state index in [9.17, 15) is 34.3 Å². The topological polar surface area (TPSA) is 153 Å². The van der Waals surface area contributed by atoms with Crippen LogP contribution in [0.3, 0.4) is 0 Å². The maximum atomic E-state index is 14.2. The molecule has 3 N–H and O–H groups in total. The minimum Gasteiger partial charge on any atom is -0.461 e. The van der Waals surface area contributed by atoms with Crippen LogP contribution >= 0.6 is 0 Å². The summed E-state index contributed by atoms with van der Waals surface area (Å²) >= 11 is 0. The number of halogens is 1. The van der Waals surface area contributed by atoms with Gasteiger partial charge in [0, 0.05) is 23.5 Å². The van der Waals surface area contributed by atoms with E-state index in [1.165, 1.54) is 12.1 Å². The Morgan fingerprint density at radius 3 is 2.06 bits per heavy atom. The number of para-hydroxylation sites is 1. The fourth-order valence-corrected chi connectivity index (χ4v) is 6.37. The highest BCUT2D eigenvalue weighted by atomic mass is 19.1. The molecule has 2 atom stereocenters. The summed E-state index contributed by atoms with van der Waals surface area (Å²) in [4.78, 5) is 41.9. The van der Waals surface area contributed by atoms with Gasteiger partial charge < -0.3 is 29.7 Å². The summed E-state index contributed by atoms with van der Waals surface area (Å²) in [5, 5.41) is 34.6. The van der Waals surface area contributed by atoms with Gasteiger partial charge in [-0.15, -0.1) is 10.1 Å². The molecular formula is C41H42FN3O8. The quantitative estimate of drug-likeness (QED) is 0.0502. The largest absolute Gasteiger partial charge is 0.461 e. The molecule has 0 aliphatic heterocycles. The molecule has 12 heteroatoms. The summed E-state index contributed by atoms with van der Waals surface area (Å²) in [7, 11) is 0. The number of rotatable bonds is 17. The standard InChI is InChI=1S/C41H42FN3O8/c1-27(2)39-38(41(49)43-33-15-7-4-8-16-33)37(28-11-5-3-6-12-28)40(29-17-19-32(42)20-18-29)44(39)22-21-34(46)23-35(47)24-36(48)52-25-30-13-9-10-14-31(30)26-53-45(50)51/h3-20,27,34-35,46-47H,21-26H2,1-2H3,(H,43,49)/t34-,35-/m1/s1. The molecule has 1 amide bonds. The Kier molecular flexibility index (Phi) is 13.1. The molecule has 53 heavy (non-hydrogen) atoms. The average Bonchev–Trinajstić information content (AvgIpc) is 3.49. The van der Waals surface area contributed by atoms with Gasteiger partial charge in [-0.05, 0) is 77.4 Å². The molecule has 5 rings (SSSR count). The van der Waals surface area contributed by atoms with Gasteiger partial charge in [0.2, 0.25) is 0 Å². The Bertz CT molecular complexity index is 2000. The molecular weight excluding hydrogens is 681 g/mol. The second-order valence-electron chi connectivity index (χ2n) is 12.9. The predicted molar refractivity (Wildman–Crippen MR) is 198 cm³/mol. The highest BCUT2D eigenvalue weighted by Crippen LogP contribution is 2.42. The van der Waals surface area contributed by atoms with Crippen molar-refractivity contribution in [2.24, 2.45) is 0 Å². The van der Waals surface area contributed by atoms with Crippen LogP contribution in [0.5, 0.6) is 0 Å². The van der Waals surface area contributed by atoms with Gasteiger partial charge in [0.15, 0.2) is 0 Å². The zero-order valence-electron chi connectivity index (χ0n) is 29.5. The zero-order chi connectivity index (χ0) is 37.9. The first-order valence-electron chi connectivity index (χ1n) is 17.3. The van der Waals surface area contributed by atoms with E-state index in [1.807, 2.05) is 66.9 Å². The van der Waals surface area contributed by atoms with E-state index in [0.717, 1.165) is 11.3 Å². The zero-order valence-corrected chi connectivity index (χ0v) is 29.5. The fraction of sp³-hybridized carbons (Fsp3) is 0.268. The van der Waals surface area contributed by atoms with E-state index in [1.54, 1.807) is 48.5 Å². The summed E-state index contributed by atoms with van der Waals surface area (Å²) < 4.78 is 21.5. The number of hydrogen-bond donors (Lipinski definition) is 3. The Labute approximate surface area is 306 Å². The number of amides is 1. The van der Waals surface area contributed by atoms with Crippen molar-refractivity contribution < 1.29 is 38.9 Å². The highest BCUT2D eigenvalue weighted by Gasteiger charge is 2.31. The number of aliphatic hydroxyl groups is 2. The smallest absolute Gasteiger partial charge is 0.308 e. The monoisotopic (exact) mass is 723 g/mol. The number of benzene rings is 4. The highest BCUT2D eigenvalue weighted by molar-refractivity contribution is 6.12. The molecule has 11 nitrogen and oxygen atoms in total. The summed E-state index contributed by atoms with van der Waals surface area (Å²) in [6.45, 7) is 3.72. The average molecular weight is 724 g/mol. The molecule has 1 aromatic heterocycles. The van der Waals surface area contributed by atoms with Crippen LogP contribution in [-0.4, -0.2) is 44.0 Å². The molecule has 276 valence electrons. The minimum atomic E-state index is -1.22. The minimum absolute atomic E-state index is 0.126. The lowest BCUT2D eigenvalue weighted by atomic mass is 9.94. The normalized spacial score (nSPS) is 12.3. The van der Waals surface area contributed by atoms with Crippen LogP contribution in [0, 0.1) is 15.9 Å². The van der Waals surface area contributed by atoms with Crippen molar-refractivity contribution in [3.8, 4) is 22.4 Å². The van der Waals surface area contributed by atoms with Crippen LogP contribution in [0.15, 0.2) is 109 Å². The van der Waals surface area contributed by atoms with Crippen molar-refractivity contribution in [2.45, 2.75) is 71.0 Å². The van der Waals surface area contributed by atoms with Gasteiger partial charge >= 0.3 is 5.97 Å². The number of aliphatic hydroxyl groups excluding tert-OH is 2. The first kappa shape index (κ1) is 38.4. The SMILES string of the molecule is CC(C)c1c(C(=O)Nc2ccccc2)c(-c2ccccc2)c(-c2ccc(F)cc2)n1CC[C@@H](O)C[C@@H](O)CC(=O)OCc1ccccc1CO[N+](=O)[O-]. The van der Waals surface area contributed by atoms with Crippen molar-refractivity contribution >= 4 is 17.6 Å². The van der Waals surface area contributed by atoms with E-state index in [2.05, 4.69) is 10.2 Å². The predicted octanol–water partition coefficient (Wildman–Crippen LogP) is 7.68. The number of nitrogens with one attached hydrogen (secondary N) is 1. The molecule has 0 aliphatic rings. The molecule has 0 aliphatic carbocycles. The Morgan fingerprint density at radius 1 is 0.830 bits per heavy atom. The van der Waals surface area contributed by atoms with Gasteiger partial charge in [-0.25, -0.2) is 4.39 Å². The number of ether oxygens (including phenoxy) is 1. The van der Waals surface area contributed by atoms with Crippen LogP contribution in [0.4, 0.5) is 10.1 Å². The molecule has 0 saturated carbocycles. The first-order valence-corrected chi connectivity index (χ1v) is 17.3. The van der Waals surface area contributed by atoms with E-state index in [4.69, 9.17) is 4.74 Å². The third-order valence-corrected chi connectivity index (χ3v) is 8.75. The second kappa shape index (κ2) is 18.1. The first-order chi connectivity index (χ1) is 25.5. The lowest BCUT2D eigenvalue weighted by Crippen LogP contribution is -2.23. The summed E-state index contributed by atoms with van der Waals surface area (Å²) in [6.07, 6.45) is -2.60. The molecule has 0 saturated heterocycles. The van der Waals surface area contributed by atoms with Gasteiger partial charge in [-0.3, -0.25) is 9.59 Å². The van der Waals surface area contributed by atoms with Gasteiger partial charge in [-0.1, -0.05) is 86.6 Å². The Balaban J connectivity index is 1.38. The van der Waals surface area contributed by atoms with Crippen LogP contribution in [0.25, 0.3) is 22.4 Å². The van der Waals surface area contributed by atoms with E-state index < -0.39 is 29.1 Å². The van der Waals surface area contributed by atoms with Gasteiger partial charge in [-0.2, -0.15) is 0 Å². The third-order valence-electron chi connectivity index (χ3n) is 8.75. The van der Waals surface area contributed by atoms with Crippen molar-refractivity contribution in [1.29, 1.82) is 0 Å². The summed E-state index contributed by atoms with van der Waals surface area (Å²) in [5.74, 6) is -1.59. The van der Waals surface area contributed by atoms with E-state index >= 15 is 0 Å². The molecule has 0 spiro atoms. The number of anilines is 1. The molecule has 1 heterocycles. The van der Waals surface area contributed by atoms with Gasteiger partial charge in [0.05, 0.1) is 29.9 Å². The van der Waals surface area contributed by atoms with Crippen molar-refractivity contribution in [3.63, 3.8) is 0 Å². The fourth-order valence-electron chi connectivity index (χ4n) is 6.37. The Morgan fingerprint density at radius 2 is 1.43 bits per heavy atom. The number of nitrogens with zero attached hydrogens (tertiary/aromatic N) is 2. The summed E-state index contributed by atoms with van der Waals surface area (Å²) in [5.41, 5.74) is 5.61. The van der Waals surface area contributed by atoms with Crippen LogP contribution in [-0.2, 0) is 34.1 Å². The number of carbonyl (C=O) groups excluding carboxylic acids is 2. The van der Waals surface area contributed by atoms with Crippen LogP contribution < -0.4 is 5.32 Å². The van der Waals surface area contributed by atoms with Crippen LogP contribution in [0.1, 0.15) is 66.2 Å². The molecule has 0 bridgehead atoms. The van der Waals surface area contributed by atoms with E-state index in [0.29, 0.717) is 39.2 Å². The number of carbonyl (C=O) groups is 2. The lowest BCUT2D eigenvalue weighted by Gasteiger charge is -2.20. The second-order valence-corrected chi connectivity index (χ2v) is 12.9. The van der Waals surface area contributed by atoms with Crippen molar-refractivity contribution in [2.75, 3.05) is 5.32 Å². The maximum absolute atomic E-state index is 14.2. The molecule has 0 unspecified atom stereocenters. The summed E-state index contributed by atoms with van der Waals surface area (Å²) in [6, 6.07) is 31.3. The third kappa shape index (κ3) is 10.1. The van der Waals surface area contributed by atoms with Gasteiger partial charge in [0.25, 0.3) is 11.0 Å². The van der Waals surface area contributed by atoms with Crippen molar-refractivity contribution in [3.05, 3.63) is 148 Å². The van der Waals surface area contributed by atoms with E-state index in [-0.39, 0.29) is 50.8 Å². The number of hydrogen-bond acceptors (Lipinski definition) is 8. The lowest BCUT2D eigenvalue weighted by molar-refractivity contribution is -0.763. The number of aromatic nitrogens is 1. The Hall–Kier alpha value is -5.85. The molecule has 0 radical (unpaired) electrons. The molecule has 0 fully saturated rings. The molecule has 4 aromatic carbocycles. The maximum Gasteiger partial charge on any atom is 0.308 e. The number of esters is 1.